The second-order valence-electron chi connectivity index (χ2n) is 2.84. The molecule has 0 aliphatic carbocycles. The van der Waals surface area contributed by atoms with Gasteiger partial charge in [0.15, 0.2) is 0 Å². The predicted molar refractivity (Wildman–Crippen MR) is 60.0 cm³/mol. The number of rotatable bonds is 5. The molecular weight excluding hydrogens is 264 g/mol. The molecule has 2 N–H and O–H groups in total. The molecule has 0 aliphatic rings. The molecule has 0 bridgehead atoms. The van der Waals surface area contributed by atoms with Gasteiger partial charge in [0.25, 0.3) is 5.69 Å². The van der Waals surface area contributed by atoms with Gasteiger partial charge in [0.2, 0.25) is 0 Å². The van der Waals surface area contributed by atoms with E-state index in [4.69, 9.17) is 10.5 Å². The van der Waals surface area contributed by atoms with Crippen molar-refractivity contribution in [3.8, 4) is 5.75 Å². The molecule has 0 amide bonds. The molecule has 0 aliphatic heterocycles. The van der Waals surface area contributed by atoms with Crippen molar-refractivity contribution in [2.75, 3.05) is 13.2 Å². The van der Waals surface area contributed by atoms with E-state index >= 15 is 0 Å². The Balaban J connectivity index is 2.80. The van der Waals surface area contributed by atoms with Crippen molar-refractivity contribution in [3.63, 3.8) is 0 Å². The highest BCUT2D eigenvalue weighted by Crippen LogP contribution is 2.33. The summed E-state index contributed by atoms with van der Waals surface area (Å²) in [5.74, 6) is 0.470. The molecule has 82 valence electrons. The van der Waals surface area contributed by atoms with Crippen LogP contribution in [0, 0.1) is 10.1 Å². The molecule has 0 unspecified atom stereocenters. The van der Waals surface area contributed by atoms with Crippen LogP contribution < -0.4 is 10.5 Å². The number of hydrogen-bond acceptors (Lipinski definition) is 4. The number of nitrogens with zero attached hydrogens (tertiary/aromatic N) is 1. The molecule has 0 saturated carbocycles. The zero-order chi connectivity index (χ0) is 11.3. The lowest BCUT2D eigenvalue weighted by Crippen LogP contribution is -2.06. The highest BCUT2D eigenvalue weighted by molar-refractivity contribution is 9.10. The molecule has 0 spiro atoms. The summed E-state index contributed by atoms with van der Waals surface area (Å²) in [5.41, 5.74) is 5.31. The average Bonchev–Trinajstić information content (AvgIpc) is 2.20. The largest absolute Gasteiger partial charge is 0.492 e. The summed E-state index contributed by atoms with van der Waals surface area (Å²) in [6.45, 7) is 0.989. The summed E-state index contributed by atoms with van der Waals surface area (Å²) in [6, 6.07) is 4.67. The van der Waals surface area contributed by atoms with E-state index in [2.05, 4.69) is 15.9 Å². The Labute approximate surface area is 95.5 Å². The number of nitro groups is 1. The number of nitrogens with two attached hydrogens (primary N) is 1. The van der Waals surface area contributed by atoms with Gasteiger partial charge in [-0.15, -0.1) is 0 Å². The first-order chi connectivity index (χ1) is 7.16. The minimum atomic E-state index is -0.458. The van der Waals surface area contributed by atoms with E-state index in [1.54, 1.807) is 12.1 Å². The van der Waals surface area contributed by atoms with Crippen LogP contribution in [0.5, 0.6) is 5.75 Å². The molecule has 1 rings (SSSR count). The van der Waals surface area contributed by atoms with E-state index in [-0.39, 0.29) is 5.69 Å². The van der Waals surface area contributed by atoms with Crippen LogP contribution in [-0.4, -0.2) is 18.1 Å². The monoisotopic (exact) mass is 274 g/mol. The van der Waals surface area contributed by atoms with E-state index < -0.39 is 4.92 Å². The van der Waals surface area contributed by atoms with Crippen LogP contribution in [0.3, 0.4) is 0 Å². The molecule has 15 heavy (non-hydrogen) atoms. The average molecular weight is 275 g/mol. The molecule has 0 heterocycles. The summed E-state index contributed by atoms with van der Waals surface area (Å²) in [4.78, 5) is 10.1. The summed E-state index contributed by atoms with van der Waals surface area (Å²) in [5, 5.41) is 10.6. The molecule has 0 atom stereocenters. The SMILES string of the molecule is NCCCOc1cccc([N+](=O)[O-])c1Br. The summed E-state index contributed by atoms with van der Waals surface area (Å²) in [6.07, 6.45) is 0.717. The fourth-order valence-corrected chi connectivity index (χ4v) is 1.54. The van der Waals surface area contributed by atoms with Gasteiger partial charge in [-0.05, 0) is 35.0 Å². The van der Waals surface area contributed by atoms with Crippen LogP contribution in [0.4, 0.5) is 5.69 Å². The zero-order valence-electron chi connectivity index (χ0n) is 7.98. The van der Waals surface area contributed by atoms with Gasteiger partial charge in [-0.3, -0.25) is 10.1 Å². The van der Waals surface area contributed by atoms with Crippen LogP contribution in [0.25, 0.3) is 0 Å². The van der Waals surface area contributed by atoms with Gasteiger partial charge in [-0.1, -0.05) is 6.07 Å². The summed E-state index contributed by atoms with van der Waals surface area (Å²) < 4.78 is 5.70. The van der Waals surface area contributed by atoms with Gasteiger partial charge >= 0.3 is 0 Å². The quantitative estimate of drug-likeness (QED) is 0.507. The van der Waals surface area contributed by atoms with Crippen LogP contribution in [0.15, 0.2) is 22.7 Å². The minimum absolute atomic E-state index is 0.000230. The van der Waals surface area contributed by atoms with Crippen LogP contribution in [-0.2, 0) is 0 Å². The van der Waals surface area contributed by atoms with Crippen LogP contribution in [0.1, 0.15) is 6.42 Å². The Morgan fingerprint density at radius 1 is 1.53 bits per heavy atom. The van der Waals surface area contributed by atoms with Crippen molar-refractivity contribution in [1.82, 2.24) is 0 Å². The molecule has 0 saturated heterocycles. The Hall–Kier alpha value is -1.14. The van der Waals surface area contributed by atoms with Gasteiger partial charge in [0.05, 0.1) is 11.5 Å². The number of hydrogen-bond donors (Lipinski definition) is 1. The van der Waals surface area contributed by atoms with E-state index in [9.17, 15) is 10.1 Å². The predicted octanol–water partition coefficient (Wildman–Crippen LogP) is 2.08. The second-order valence-corrected chi connectivity index (χ2v) is 3.63. The first-order valence-corrected chi connectivity index (χ1v) is 5.22. The van der Waals surface area contributed by atoms with Crippen molar-refractivity contribution in [2.24, 2.45) is 5.73 Å². The van der Waals surface area contributed by atoms with Gasteiger partial charge in [-0.2, -0.15) is 0 Å². The molecule has 1 aromatic carbocycles. The molecule has 0 radical (unpaired) electrons. The zero-order valence-corrected chi connectivity index (χ0v) is 9.57. The van der Waals surface area contributed by atoms with Crippen LogP contribution in [0.2, 0.25) is 0 Å². The molecule has 1 aromatic rings. The summed E-state index contributed by atoms with van der Waals surface area (Å²) in [7, 11) is 0. The third-order valence-corrected chi connectivity index (χ3v) is 2.54. The van der Waals surface area contributed by atoms with Crippen LogP contribution >= 0.6 is 15.9 Å². The smallest absolute Gasteiger partial charge is 0.287 e. The molecule has 0 aromatic heterocycles. The number of halogens is 1. The Morgan fingerprint density at radius 2 is 2.27 bits per heavy atom. The fourth-order valence-electron chi connectivity index (χ4n) is 1.02. The van der Waals surface area contributed by atoms with Crippen molar-refractivity contribution >= 4 is 21.6 Å². The summed E-state index contributed by atoms with van der Waals surface area (Å²) >= 11 is 3.14. The maximum Gasteiger partial charge on any atom is 0.287 e. The minimum Gasteiger partial charge on any atom is -0.492 e. The van der Waals surface area contributed by atoms with Gasteiger partial charge in [0.1, 0.15) is 10.2 Å². The molecule has 5 nitrogen and oxygen atoms in total. The third-order valence-electron chi connectivity index (χ3n) is 1.75. The fraction of sp³-hybridized carbons (Fsp3) is 0.333. The Morgan fingerprint density at radius 3 is 2.87 bits per heavy atom. The maximum absolute atomic E-state index is 10.6. The Bertz CT molecular complexity index is 357. The lowest BCUT2D eigenvalue weighted by atomic mass is 10.3. The van der Waals surface area contributed by atoms with E-state index in [1.165, 1.54) is 6.07 Å². The lowest BCUT2D eigenvalue weighted by molar-refractivity contribution is -0.385. The van der Waals surface area contributed by atoms with Gasteiger partial charge < -0.3 is 10.5 Å². The highest BCUT2D eigenvalue weighted by atomic mass is 79.9. The first kappa shape index (κ1) is 11.9. The topological polar surface area (TPSA) is 78.4 Å². The van der Waals surface area contributed by atoms with E-state index in [0.717, 1.165) is 6.42 Å². The molecule has 0 fully saturated rings. The van der Waals surface area contributed by atoms with Gasteiger partial charge in [-0.25, -0.2) is 0 Å². The standard InChI is InChI=1S/C9H11BrN2O3/c10-9-7(12(13)14)3-1-4-8(9)15-6-2-5-11/h1,3-4H,2,5-6,11H2. The third kappa shape index (κ3) is 3.17. The molecule has 6 heteroatoms. The number of ether oxygens (including phenoxy) is 1. The second kappa shape index (κ2) is 5.67. The van der Waals surface area contributed by atoms with Crippen molar-refractivity contribution in [1.29, 1.82) is 0 Å². The van der Waals surface area contributed by atoms with E-state index in [0.29, 0.717) is 23.4 Å². The first-order valence-electron chi connectivity index (χ1n) is 4.42. The highest BCUT2D eigenvalue weighted by Gasteiger charge is 2.15. The number of nitro benzene ring substituents is 1. The van der Waals surface area contributed by atoms with Crippen molar-refractivity contribution in [2.45, 2.75) is 6.42 Å². The van der Waals surface area contributed by atoms with Gasteiger partial charge in [0, 0.05) is 6.07 Å². The number of benzene rings is 1. The normalized spacial score (nSPS) is 10.0. The molecular formula is C9H11BrN2O3. The van der Waals surface area contributed by atoms with Crippen molar-refractivity contribution in [3.05, 3.63) is 32.8 Å². The Kier molecular flexibility index (Phi) is 4.51. The maximum atomic E-state index is 10.6. The van der Waals surface area contributed by atoms with Crippen molar-refractivity contribution < 1.29 is 9.66 Å². The lowest BCUT2D eigenvalue weighted by Gasteiger charge is -2.06. The van der Waals surface area contributed by atoms with E-state index in [1.807, 2.05) is 0 Å².